The Hall–Kier alpha value is -0.850. The highest BCUT2D eigenvalue weighted by atomic mass is 19.1. The third kappa shape index (κ3) is 5.90. The Labute approximate surface area is 74.5 Å². The minimum absolute atomic E-state index is 0.199. The maximum absolute atomic E-state index is 12.9. The van der Waals surface area contributed by atoms with E-state index in [0.717, 1.165) is 24.8 Å². The number of hydrogen-bond donors (Lipinski definition) is 0. The van der Waals surface area contributed by atoms with Crippen LogP contribution in [0.1, 0.15) is 33.1 Å². The second kappa shape index (κ2) is 6.84. The Morgan fingerprint density at radius 1 is 1.42 bits per heavy atom. The van der Waals surface area contributed by atoms with Crippen molar-refractivity contribution < 1.29 is 4.39 Å². The number of hydrogen-bond acceptors (Lipinski definition) is 0. The molecular weight excluding hydrogens is 151 g/mol. The molecule has 12 heavy (non-hydrogen) atoms. The first kappa shape index (κ1) is 11.2. The van der Waals surface area contributed by atoms with Gasteiger partial charge in [0, 0.05) is 0 Å². The number of halogens is 1. The van der Waals surface area contributed by atoms with Gasteiger partial charge in [0.05, 0.1) is 0 Å². The summed E-state index contributed by atoms with van der Waals surface area (Å²) in [5, 5.41) is 0. The van der Waals surface area contributed by atoms with Crippen LogP contribution in [0.3, 0.4) is 0 Å². The minimum Gasteiger partial charge on any atom is -0.207 e. The Kier molecular flexibility index (Phi) is 6.35. The molecule has 0 aromatic rings. The number of rotatable bonds is 5. The summed E-state index contributed by atoms with van der Waals surface area (Å²) in [6.45, 7) is 7.77. The molecule has 0 aliphatic carbocycles. The summed E-state index contributed by atoms with van der Waals surface area (Å²) in [5.74, 6) is -0.199. The zero-order valence-electron chi connectivity index (χ0n) is 7.94. The van der Waals surface area contributed by atoms with Gasteiger partial charge < -0.3 is 0 Å². The van der Waals surface area contributed by atoms with Gasteiger partial charge in [-0.2, -0.15) is 0 Å². The van der Waals surface area contributed by atoms with Gasteiger partial charge >= 0.3 is 0 Å². The topological polar surface area (TPSA) is 0 Å². The highest BCUT2D eigenvalue weighted by molar-refractivity contribution is 5.23. The van der Waals surface area contributed by atoms with Crippen LogP contribution in [0.25, 0.3) is 0 Å². The van der Waals surface area contributed by atoms with Gasteiger partial charge in [-0.25, -0.2) is 4.39 Å². The van der Waals surface area contributed by atoms with Crippen molar-refractivity contribution in [2.24, 2.45) is 0 Å². The Bertz CT molecular complexity index is 187. The molecule has 0 spiro atoms. The average molecular weight is 168 g/mol. The highest BCUT2D eigenvalue weighted by Gasteiger charge is 1.90. The molecule has 0 aliphatic heterocycles. The normalized spacial score (nSPS) is 12.4. The Morgan fingerprint density at radius 2 is 2.08 bits per heavy atom. The lowest BCUT2D eigenvalue weighted by atomic mass is 10.1. The van der Waals surface area contributed by atoms with Crippen LogP contribution in [0.2, 0.25) is 0 Å². The van der Waals surface area contributed by atoms with Crippen LogP contribution >= 0.6 is 0 Å². The van der Waals surface area contributed by atoms with Crippen molar-refractivity contribution in [3.05, 3.63) is 36.2 Å². The first-order valence-corrected chi connectivity index (χ1v) is 4.42. The van der Waals surface area contributed by atoms with E-state index < -0.39 is 0 Å². The SMILES string of the molecule is C=C(/C=C(F)\C=C/CC)CCC. The maximum atomic E-state index is 12.9. The lowest BCUT2D eigenvalue weighted by molar-refractivity contribution is 0.663. The van der Waals surface area contributed by atoms with E-state index in [4.69, 9.17) is 0 Å². The van der Waals surface area contributed by atoms with Crippen molar-refractivity contribution in [1.82, 2.24) is 0 Å². The van der Waals surface area contributed by atoms with Crippen LogP contribution < -0.4 is 0 Å². The average Bonchev–Trinajstić information content (AvgIpc) is 2.01. The fourth-order valence-electron chi connectivity index (χ4n) is 0.867. The first-order valence-electron chi connectivity index (χ1n) is 4.42. The Balaban J connectivity index is 3.97. The standard InChI is InChI=1S/C11H17F/c1-4-6-8-11(12)9-10(3)7-5-2/h6,8-9H,3-5,7H2,1-2H3/b8-6-,11-9+. The Morgan fingerprint density at radius 3 is 2.58 bits per heavy atom. The van der Waals surface area contributed by atoms with E-state index in [1.54, 1.807) is 6.08 Å². The molecule has 68 valence electrons. The van der Waals surface area contributed by atoms with Crippen LogP contribution in [-0.4, -0.2) is 0 Å². The fourth-order valence-corrected chi connectivity index (χ4v) is 0.867. The molecule has 1 heteroatoms. The summed E-state index contributed by atoms with van der Waals surface area (Å²) in [5.41, 5.74) is 0.857. The molecule has 0 heterocycles. The van der Waals surface area contributed by atoms with E-state index in [0.29, 0.717) is 0 Å². The maximum Gasteiger partial charge on any atom is 0.123 e. The first-order chi connectivity index (χ1) is 5.70. The van der Waals surface area contributed by atoms with Gasteiger partial charge in [0.2, 0.25) is 0 Å². The fraction of sp³-hybridized carbons (Fsp3) is 0.455. The highest BCUT2D eigenvalue weighted by Crippen LogP contribution is 2.09. The monoisotopic (exact) mass is 168 g/mol. The van der Waals surface area contributed by atoms with E-state index in [1.165, 1.54) is 12.2 Å². The van der Waals surface area contributed by atoms with E-state index >= 15 is 0 Å². The molecule has 0 aliphatic rings. The minimum atomic E-state index is -0.199. The summed E-state index contributed by atoms with van der Waals surface area (Å²) in [4.78, 5) is 0. The van der Waals surface area contributed by atoms with Gasteiger partial charge in [-0.15, -0.1) is 0 Å². The molecule has 0 bridgehead atoms. The summed E-state index contributed by atoms with van der Waals surface area (Å²) in [7, 11) is 0. The van der Waals surface area contributed by atoms with E-state index in [1.807, 2.05) is 6.92 Å². The summed E-state index contributed by atoms with van der Waals surface area (Å²) in [6, 6.07) is 0. The molecule has 0 N–H and O–H groups in total. The van der Waals surface area contributed by atoms with Crippen LogP contribution in [0.4, 0.5) is 4.39 Å². The molecule has 0 fully saturated rings. The van der Waals surface area contributed by atoms with Crippen molar-refractivity contribution in [1.29, 1.82) is 0 Å². The molecule has 0 saturated heterocycles. The largest absolute Gasteiger partial charge is 0.207 e. The number of allylic oxidation sites excluding steroid dienone is 5. The van der Waals surface area contributed by atoms with Crippen molar-refractivity contribution in [3.8, 4) is 0 Å². The third-order valence-electron chi connectivity index (χ3n) is 1.43. The lowest BCUT2D eigenvalue weighted by Crippen LogP contribution is -1.75. The van der Waals surface area contributed by atoms with Crippen molar-refractivity contribution in [2.75, 3.05) is 0 Å². The van der Waals surface area contributed by atoms with Gasteiger partial charge in [0.25, 0.3) is 0 Å². The van der Waals surface area contributed by atoms with Crippen LogP contribution in [-0.2, 0) is 0 Å². The smallest absolute Gasteiger partial charge is 0.123 e. The molecule has 0 aromatic carbocycles. The molecule has 0 radical (unpaired) electrons. The second-order valence-electron chi connectivity index (χ2n) is 2.75. The summed E-state index contributed by atoms with van der Waals surface area (Å²) in [6.07, 6.45) is 7.52. The van der Waals surface area contributed by atoms with Gasteiger partial charge in [-0.05, 0) is 25.0 Å². The zero-order valence-corrected chi connectivity index (χ0v) is 7.94. The molecule has 0 atom stereocenters. The predicted octanol–water partition coefficient (Wildman–Crippen LogP) is 4.16. The van der Waals surface area contributed by atoms with Crippen molar-refractivity contribution in [3.63, 3.8) is 0 Å². The molecule has 0 amide bonds. The van der Waals surface area contributed by atoms with Crippen LogP contribution in [0.5, 0.6) is 0 Å². The molecular formula is C11H17F. The van der Waals surface area contributed by atoms with E-state index in [9.17, 15) is 4.39 Å². The van der Waals surface area contributed by atoms with E-state index in [-0.39, 0.29) is 5.83 Å². The van der Waals surface area contributed by atoms with Crippen molar-refractivity contribution >= 4 is 0 Å². The quantitative estimate of drug-likeness (QED) is 0.541. The summed E-state index contributed by atoms with van der Waals surface area (Å²) >= 11 is 0. The molecule has 0 rings (SSSR count). The van der Waals surface area contributed by atoms with Gasteiger partial charge in [-0.3, -0.25) is 0 Å². The third-order valence-corrected chi connectivity index (χ3v) is 1.43. The van der Waals surface area contributed by atoms with Crippen LogP contribution in [0.15, 0.2) is 36.2 Å². The molecule has 0 nitrogen and oxygen atoms in total. The zero-order chi connectivity index (χ0) is 9.40. The van der Waals surface area contributed by atoms with Gasteiger partial charge in [0.15, 0.2) is 0 Å². The van der Waals surface area contributed by atoms with Gasteiger partial charge in [-0.1, -0.05) is 38.5 Å². The van der Waals surface area contributed by atoms with Crippen LogP contribution in [0, 0.1) is 0 Å². The molecule has 0 unspecified atom stereocenters. The molecule has 0 saturated carbocycles. The predicted molar refractivity (Wildman–Crippen MR) is 52.7 cm³/mol. The lowest BCUT2D eigenvalue weighted by Gasteiger charge is -1.94. The van der Waals surface area contributed by atoms with Gasteiger partial charge in [0.1, 0.15) is 5.83 Å². The summed E-state index contributed by atoms with van der Waals surface area (Å²) < 4.78 is 12.9. The van der Waals surface area contributed by atoms with Crippen molar-refractivity contribution in [2.45, 2.75) is 33.1 Å². The second-order valence-corrected chi connectivity index (χ2v) is 2.75. The van der Waals surface area contributed by atoms with E-state index in [2.05, 4.69) is 13.5 Å². The molecule has 0 aromatic heterocycles.